The molecule has 138 valence electrons. The van der Waals surface area contributed by atoms with Gasteiger partial charge in [-0.25, -0.2) is 0 Å². The molecule has 1 atom stereocenters. The van der Waals surface area contributed by atoms with E-state index in [4.69, 9.17) is 0 Å². The van der Waals surface area contributed by atoms with Gasteiger partial charge in [0.1, 0.15) is 0 Å². The Bertz CT molecular complexity index is 295. The van der Waals surface area contributed by atoms with Crippen LogP contribution in [0.3, 0.4) is 0 Å². The molecule has 0 saturated carbocycles. The Labute approximate surface area is 144 Å². The van der Waals surface area contributed by atoms with Gasteiger partial charge in [-0.3, -0.25) is 0 Å². The maximum Gasteiger partial charge on any atom is 0.0252 e. The predicted molar refractivity (Wildman–Crippen MR) is 101 cm³/mol. The van der Waals surface area contributed by atoms with Crippen LogP contribution in [0.15, 0.2) is 0 Å². The third-order valence-electron chi connectivity index (χ3n) is 4.57. The van der Waals surface area contributed by atoms with Crippen molar-refractivity contribution in [1.29, 1.82) is 0 Å². The van der Waals surface area contributed by atoms with Crippen molar-refractivity contribution >= 4 is 0 Å². The SMILES string of the molecule is CC1CNCCN(C)CCCNC(C)(C)CN(C)CCCCN1. The van der Waals surface area contributed by atoms with E-state index in [0.29, 0.717) is 6.04 Å². The van der Waals surface area contributed by atoms with Crippen molar-refractivity contribution in [3.8, 4) is 0 Å². The van der Waals surface area contributed by atoms with Crippen LogP contribution >= 0.6 is 0 Å². The van der Waals surface area contributed by atoms with Crippen LogP contribution in [0.1, 0.15) is 40.0 Å². The predicted octanol–water partition coefficient (Wildman–Crippen LogP) is 0.970. The van der Waals surface area contributed by atoms with E-state index < -0.39 is 0 Å². The second-order valence-corrected chi connectivity index (χ2v) is 7.97. The molecule has 0 amide bonds. The van der Waals surface area contributed by atoms with Crippen LogP contribution in [0.2, 0.25) is 0 Å². The average Bonchev–Trinajstić information content (AvgIpc) is 2.46. The summed E-state index contributed by atoms with van der Waals surface area (Å²) < 4.78 is 0. The molecule has 0 aromatic rings. The highest BCUT2D eigenvalue weighted by Crippen LogP contribution is 2.06. The van der Waals surface area contributed by atoms with E-state index in [1.54, 1.807) is 0 Å². The molecule has 3 N–H and O–H groups in total. The minimum absolute atomic E-state index is 0.188. The number of rotatable bonds is 0. The molecule has 1 aliphatic heterocycles. The first-order valence-electron chi connectivity index (χ1n) is 9.45. The monoisotopic (exact) mass is 327 g/mol. The van der Waals surface area contributed by atoms with Gasteiger partial charge in [0.05, 0.1) is 0 Å². The first-order chi connectivity index (χ1) is 10.9. The molecule has 1 fully saturated rings. The van der Waals surface area contributed by atoms with Gasteiger partial charge < -0.3 is 25.8 Å². The molecule has 0 bridgehead atoms. The Kier molecular flexibility index (Phi) is 10.3. The molecule has 23 heavy (non-hydrogen) atoms. The summed E-state index contributed by atoms with van der Waals surface area (Å²) in [5.74, 6) is 0. The van der Waals surface area contributed by atoms with Crippen molar-refractivity contribution < 1.29 is 0 Å². The molecule has 1 aliphatic rings. The van der Waals surface area contributed by atoms with Gasteiger partial charge in [-0.05, 0) is 80.3 Å². The topological polar surface area (TPSA) is 42.6 Å². The Morgan fingerprint density at radius 2 is 1.61 bits per heavy atom. The van der Waals surface area contributed by atoms with Gasteiger partial charge in [-0.1, -0.05) is 0 Å². The van der Waals surface area contributed by atoms with Crippen LogP contribution in [-0.2, 0) is 0 Å². The summed E-state index contributed by atoms with van der Waals surface area (Å²) in [7, 11) is 4.47. The lowest BCUT2D eigenvalue weighted by Gasteiger charge is -2.32. The zero-order chi connectivity index (χ0) is 17.1. The van der Waals surface area contributed by atoms with E-state index in [0.717, 1.165) is 45.8 Å². The maximum absolute atomic E-state index is 3.72. The highest BCUT2D eigenvalue weighted by molar-refractivity contribution is 4.81. The van der Waals surface area contributed by atoms with Crippen LogP contribution in [0.5, 0.6) is 0 Å². The molecule has 1 unspecified atom stereocenters. The van der Waals surface area contributed by atoms with Gasteiger partial charge in [0.15, 0.2) is 0 Å². The highest BCUT2D eigenvalue weighted by Gasteiger charge is 2.18. The Balaban J connectivity index is 2.41. The van der Waals surface area contributed by atoms with Gasteiger partial charge in [0.2, 0.25) is 0 Å². The van der Waals surface area contributed by atoms with Crippen LogP contribution in [0.25, 0.3) is 0 Å². The summed E-state index contributed by atoms with van der Waals surface area (Å²) >= 11 is 0. The van der Waals surface area contributed by atoms with Gasteiger partial charge in [-0.15, -0.1) is 0 Å². The number of nitrogens with one attached hydrogen (secondary N) is 3. The molecule has 0 radical (unpaired) electrons. The molecule has 0 aromatic carbocycles. The smallest absolute Gasteiger partial charge is 0.0252 e. The first kappa shape index (κ1) is 20.8. The largest absolute Gasteiger partial charge is 0.314 e. The number of nitrogens with zero attached hydrogens (tertiary/aromatic N) is 2. The third kappa shape index (κ3) is 11.1. The summed E-state index contributed by atoms with van der Waals surface area (Å²) in [5.41, 5.74) is 0.188. The quantitative estimate of drug-likeness (QED) is 0.619. The molecule has 1 heterocycles. The summed E-state index contributed by atoms with van der Waals surface area (Å²) in [5, 5.41) is 10.9. The zero-order valence-corrected chi connectivity index (χ0v) is 16.2. The fraction of sp³-hybridized carbons (Fsp3) is 1.00. The number of hydrogen-bond donors (Lipinski definition) is 3. The summed E-state index contributed by atoms with van der Waals surface area (Å²) in [4.78, 5) is 4.89. The molecule has 0 spiro atoms. The second kappa shape index (κ2) is 11.4. The van der Waals surface area contributed by atoms with Crippen LogP contribution in [0, 0.1) is 0 Å². The fourth-order valence-electron chi connectivity index (χ4n) is 3.21. The van der Waals surface area contributed by atoms with Crippen LogP contribution in [-0.4, -0.2) is 87.8 Å². The van der Waals surface area contributed by atoms with Crippen molar-refractivity contribution in [3.05, 3.63) is 0 Å². The van der Waals surface area contributed by atoms with Gasteiger partial charge in [0.25, 0.3) is 0 Å². The van der Waals surface area contributed by atoms with Gasteiger partial charge in [0, 0.05) is 37.8 Å². The molecule has 0 aromatic heterocycles. The first-order valence-corrected chi connectivity index (χ1v) is 9.45. The fourth-order valence-corrected chi connectivity index (χ4v) is 3.21. The number of likely N-dealkylation sites (N-methyl/N-ethyl adjacent to an activating group) is 2. The van der Waals surface area contributed by atoms with E-state index in [2.05, 4.69) is 60.6 Å². The minimum atomic E-state index is 0.188. The van der Waals surface area contributed by atoms with Crippen molar-refractivity contribution in [2.75, 3.05) is 66.5 Å². The van der Waals surface area contributed by atoms with E-state index in [1.807, 2.05) is 0 Å². The van der Waals surface area contributed by atoms with Crippen LogP contribution < -0.4 is 16.0 Å². The van der Waals surface area contributed by atoms with Crippen LogP contribution in [0.4, 0.5) is 0 Å². The molecule has 1 saturated heterocycles. The minimum Gasteiger partial charge on any atom is -0.314 e. The van der Waals surface area contributed by atoms with Crippen molar-refractivity contribution in [1.82, 2.24) is 25.8 Å². The van der Waals surface area contributed by atoms with E-state index >= 15 is 0 Å². The third-order valence-corrected chi connectivity index (χ3v) is 4.57. The summed E-state index contributed by atoms with van der Waals surface area (Å²) in [6.07, 6.45) is 3.73. The molecular weight excluding hydrogens is 286 g/mol. The van der Waals surface area contributed by atoms with E-state index in [9.17, 15) is 0 Å². The lowest BCUT2D eigenvalue weighted by molar-refractivity contribution is 0.227. The normalized spacial score (nSPS) is 28.8. The summed E-state index contributed by atoms with van der Waals surface area (Å²) in [6.45, 7) is 15.8. The molecule has 0 aliphatic carbocycles. The summed E-state index contributed by atoms with van der Waals surface area (Å²) in [6, 6.07) is 0.556. The Morgan fingerprint density at radius 3 is 2.39 bits per heavy atom. The molecular formula is C18H41N5. The van der Waals surface area contributed by atoms with E-state index in [-0.39, 0.29) is 5.54 Å². The van der Waals surface area contributed by atoms with Crippen molar-refractivity contribution in [2.45, 2.75) is 51.6 Å². The average molecular weight is 328 g/mol. The zero-order valence-electron chi connectivity index (χ0n) is 16.2. The lowest BCUT2D eigenvalue weighted by atomic mass is 10.0. The molecule has 1 rings (SSSR count). The maximum atomic E-state index is 3.72. The van der Waals surface area contributed by atoms with Crippen molar-refractivity contribution in [2.24, 2.45) is 0 Å². The van der Waals surface area contributed by atoms with Crippen molar-refractivity contribution in [3.63, 3.8) is 0 Å². The van der Waals surface area contributed by atoms with E-state index in [1.165, 1.54) is 25.8 Å². The molecule has 5 nitrogen and oxygen atoms in total. The van der Waals surface area contributed by atoms with Gasteiger partial charge >= 0.3 is 0 Å². The standard InChI is InChI=1S/C18H41N5/c1-17-15-19-11-14-22(4)13-8-10-21-18(2,3)16-23(5)12-7-6-9-20-17/h17,19-21H,6-16H2,1-5H3. The molecule has 5 heteroatoms. The Morgan fingerprint density at radius 1 is 0.870 bits per heavy atom. The number of hydrogen-bond acceptors (Lipinski definition) is 5. The lowest BCUT2D eigenvalue weighted by Crippen LogP contribution is -2.49. The Hall–Kier alpha value is -0.200. The highest BCUT2D eigenvalue weighted by atomic mass is 15.1. The van der Waals surface area contributed by atoms with Gasteiger partial charge in [-0.2, -0.15) is 0 Å². The second-order valence-electron chi connectivity index (χ2n) is 7.97.